The van der Waals surface area contributed by atoms with Crippen LogP contribution < -0.4 is 4.74 Å². The molecule has 2 aromatic carbocycles. The van der Waals surface area contributed by atoms with Crippen molar-refractivity contribution in [2.75, 3.05) is 6.61 Å². The Morgan fingerprint density at radius 2 is 1.57 bits per heavy atom. The average Bonchev–Trinajstić information content (AvgIpc) is 2.52. The lowest BCUT2D eigenvalue weighted by Gasteiger charge is -2.15. The minimum Gasteiger partial charge on any atom is -0.481 e. The zero-order chi connectivity index (χ0) is 17.3. The molecular formula is C18H14F4O. The summed E-state index contributed by atoms with van der Waals surface area (Å²) in [5.74, 6) is -3.34. The minimum absolute atomic E-state index is 0.0227. The van der Waals surface area contributed by atoms with E-state index in [2.05, 4.69) is 5.92 Å². The van der Waals surface area contributed by atoms with Gasteiger partial charge in [-0.1, -0.05) is 12.0 Å². The van der Waals surface area contributed by atoms with Crippen LogP contribution in [0, 0.1) is 56.4 Å². The zero-order valence-corrected chi connectivity index (χ0v) is 12.9. The summed E-state index contributed by atoms with van der Waals surface area (Å²) in [4.78, 5) is 0. The Labute approximate surface area is 131 Å². The smallest absolute Gasteiger partial charge is 0.195 e. The number of ether oxygens (including phenoxy) is 1. The molecule has 0 radical (unpaired) electrons. The summed E-state index contributed by atoms with van der Waals surface area (Å²) in [6, 6.07) is 3.01. The van der Waals surface area contributed by atoms with Crippen molar-refractivity contribution in [1.82, 2.24) is 0 Å². The molecule has 0 aromatic heterocycles. The van der Waals surface area contributed by atoms with E-state index in [1.165, 1.54) is 6.07 Å². The molecule has 0 fully saturated rings. The molecule has 120 valence electrons. The van der Waals surface area contributed by atoms with Gasteiger partial charge in [0.1, 0.15) is 18.2 Å². The van der Waals surface area contributed by atoms with Gasteiger partial charge in [0.2, 0.25) is 0 Å². The number of hydrogen-bond donors (Lipinski definition) is 0. The summed E-state index contributed by atoms with van der Waals surface area (Å²) in [6.07, 6.45) is 5.12. The molecule has 5 heteroatoms. The Hall–Kier alpha value is -2.48. The molecule has 0 aliphatic rings. The molecule has 0 amide bonds. The topological polar surface area (TPSA) is 9.23 Å². The Kier molecular flexibility index (Phi) is 4.65. The van der Waals surface area contributed by atoms with Gasteiger partial charge in [-0.2, -0.15) is 0 Å². The van der Waals surface area contributed by atoms with Crippen LogP contribution in [0.4, 0.5) is 17.6 Å². The molecule has 1 nitrogen and oxygen atoms in total. The fraction of sp³-hybridized carbons (Fsp3) is 0.222. The maximum absolute atomic E-state index is 14.3. The third-order valence-corrected chi connectivity index (χ3v) is 3.59. The lowest BCUT2D eigenvalue weighted by Crippen LogP contribution is -2.05. The fourth-order valence-corrected chi connectivity index (χ4v) is 2.36. The Balaban J connectivity index is 2.75. The predicted molar refractivity (Wildman–Crippen MR) is 80.2 cm³/mol. The number of hydrogen-bond acceptors (Lipinski definition) is 1. The molecular weight excluding hydrogens is 308 g/mol. The van der Waals surface area contributed by atoms with Gasteiger partial charge in [-0.15, -0.1) is 6.42 Å². The first-order chi connectivity index (χ1) is 10.8. The summed E-state index contributed by atoms with van der Waals surface area (Å²) in [6.45, 7) is 4.38. The summed E-state index contributed by atoms with van der Waals surface area (Å²) in [5.41, 5.74) is 0.0921. The van der Waals surface area contributed by atoms with E-state index >= 15 is 0 Å². The van der Waals surface area contributed by atoms with Gasteiger partial charge in [0, 0.05) is 5.56 Å². The van der Waals surface area contributed by atoms with Crippen molar-refractivity contribution in [3.05, 3.63) is 52.1 Å². The Morgan fingerprint density at radius 1 is 0.913 bits per heavy atom. The van der Waals surface area contributed by atoms with Gasteiger partial charge in [-0.3, -0.25) is 0 Å². The molecule has 0 saturated heterocycles. The van der Waals surface area contributed by atoms with E-state index in [-0.39, 0.29) is 12.2 Å². The zero-order valence-electron chi connectivity index (χ0n) is 12.9. The lowest BCUT2D eigenvalue weighted by molar-refractivity contribution is 0.368. The van der Waals surface area contributed by atoms with E-state index in [0.717, 1.165) is 6.92 Å². The van der Waals surface area contributed by atoms with Gasteiger partial charge in [-0.05, 0) is 43.5 Å². The number of terminal acetylenes is 1. The van der Waals surface area contributed by atoms with E-state index in [4.69, 9.17) is 11.2 Å². The highest BCUT2D eigenvalue weighted by atomic mass is 19.2. The number of rotatable bonds is 3. The van der Waals surface area contributed by atoms with Gasteiger partial charge in [0.25, 0.3) is 0 Å². The van der Waals surface area contributed by atoms with Crippen LogP contribution in [0.2, 0.25) is 0 Å². The van der Waals surface area contributed by atoms with Crippen molar-refractivity contribution in [1.29, 1.82) is 0 Å². The molecule has 0 atom stereocenters. The number of benzene rings is 2. The Morgan fingerprint density at radius 3 is 2.17 bits per heavy atom. The summed E-state index contributed by atoms with van der Waals surface area (Å²) < 4.78 is 60.9. The third kappa shape index (κ3) is 2.89. The van der Waals surface area contributed by atoms with Crippen LogP contribution in [0.15, 0.2) is 12.1 Å². The van der Waals surface area contributed by atoms with Crippen LogP contribution >= 0.6 is 0 Å². The molecule has 0 bridgehead atoms. The number of aryl methyl sites for hydroxylation is 2. The van der Waals surface area contributed by atoms with Crippen LogP contribution in [-0.2, 0) is 0 Å². The molecule has 0 heterocycles. The first-order valence-electron chi connectivity index (χ1n) is 6.80. The second-order valence-electron chi connectivity index (χ2n) is 5.18. The van der Waals surface area contributed by atoms with Gasteiger partial charge < -0.3 is 4.74 Å². The predicted octanol–water partition coefficient (Wildman–Crippen LogP) is 4.85. The van der Waals surface area contributed by atoms with Crippen LogP contribution in [0.25, 0.3) is 11.1 Å². The SMILES string of the molecule is C#CCOc1cc(-c2c(F)c(C)c(F)c(F)c2F)c(C)cc1C. The quantitative estimate of drug-likeness (QED) is 0.340. The third-order valence-electron chi connectivity index (χ3n) is 3.59. The van der Waals surface area contributed by atoms with Crippen molar-refractivity contribution in [3.63, 3.8) is 0 Å². The molecule has 0 aliphatic heterocycles. The summed E-state index contributed by atoms with van der Waals surface area (Å²) in [7, 11) is 0. The number of halogens is 4. The van der Waals surface area contributed by atoms with Crippen LogP contribution in [0.3, 0.4) is 0 Å². The molecule has 0 N–H and O–H groups in total. The van der Waals surface area contributed by atoms with Gasteiger partial charge in [0.05, 0.1) is 5.56 Å². The Bertz CT molecular complexity index is 790. The van der Waals surface area contributed by atoms with E-state index in [9.17, 15) is 17.6 Å². The maximum atomic E-state index is 14.3. The first kappa shape index (κ1) is 16.9. The van der Waals surface area contributed by atoms with Crippen molar-refractivity contribution in [3.8, 4) is 29.2 Å². The second-order valence-corrected chi connectivity index (χ2v) is 5.18. The maximum Gasteiger partial charge on any atom is 0.195 e. The highest BCUT2D eigenvalue weighted by Crippen LogP contribution is 2.36. The highest BCUT2D eigenvalue weighted by molar-refractivity contribution is 5.72. The van der Waals surface area contributed by atoms with Crippen molar-refractivity contribution in [2.45, 2.75) is 20.8 Å². The van der Waals surface area contributed by atoms with E-state index in [1.807, 2.05) is 0 Å². The minimum atomic E-state index is -1.70. The lowest BCUT2D eigenvalue weighted by atomic mass is 9.95. The van der Waals surface area contributed by atoms with Crippen molar-refractivity contribution < 1.29 is 22.3 Å². The summed E-state index contributed by atoms with van der Waals surface area (Å²) >= 11 is 0. The molecule has 23 heavy (non-hydrogen) atoms. The fourth-order valence-electron chi connectivity index (χ4n) is 2.36. The van der Waals surface area contributed by atoms with E-state index in [1.54, 1.807) is 19.9 Å². The molecule has 2 aromatic rings. The average molecular weight is 322 g/mol. The molecule has 0 saturated carbocycles. The monoisotopic (exact) mass is 322 g/mol. The van der Waals surface area contributed by atoms with Gasteiger partial charge >= 0.3 is 0 Å². The van der Waals surface area contributed by atoms with Gasteiger partial charge in [-0.25, -0.2) is 17.6 Å². The van der Waals surface area contributed by atoms with Crippen LogP contribution in [0.1, 0.15) is 16.7 Å². The second kappa shape index (κ2) is 6.33. The van der Waals surface area contributed by atoms with E-state index < -0.39 is 34.4 Å². The standard InChI is InChI=1S/C18H14F4O/c1-5-6-23-13-8-12(9(2)7-10(13)3)14-15(19)11(4)16(20)18(22)17(14)21/h1,7-8H,6H2,2-4H3. The molecule has 0 spiro atoms. The first-order valence-corrected chi connectivity index (χ1v) is 6.80. The van der Waals surface area contributed by atoms with Crippen molar-refractivity contribution >= 4 is 0 Å². The van der Waals surface area contributed by atoms with E-state index in [0.29, 0.717) is 16.9 Å². The highest BCUT2D eigenvalue weighted by Gasteiger charge is 2.25. The molecule has 2 rings (SSSR count). The normalized spacial score (nSPS) is 10.5. The molecule has 0 aliphatic carbocycles. The van der Waals surface area contributed by atoms with Gasteiger partial charge in [0.15, 0.2) is 17.5 Å². The largest absolute Gasteiger partial charge is 0.481 e. The molecule has 0 unspecified atom stereocenters. The van der Waals surface area contributed by atoms with Crippen LogP contribution in [0.5, 0.6) is 5.75 Å². The van der Waals surface area contributed by atoms with Crippen LogP contribution in [-0.4, -0.2) is 6.61 Å². The summed E-state index contributed by atoms with van der Waals surface area (Å²) in [5, 5.41) is 0. The van der Waals surface area contributed by atoms with Crippen molar-refractivity contribution in [2.24, 2.45) is 0 Å².